The highest BCUT2D eigenvalue weighted by atomic mass is 79.9. The quantitative estimate of drug-likeness (QED) is 0.705. The zero-order valence-corrected chi connectivity index (χ0v) is 12.9. The first-order valence-electron chi connectivity index (χ1n) is 6.30. The molecule has 0 amide bonds. The monoisotopic (exact) mass is 317 g/mol. The molecule has 0 spiro atoms. The molecule has 0 saturated carbocycles. The summed E-state index contributed by atoms with van der Waals surface area (Å²) in [4.78, 5) is 0. The summed E-state index contributed by atoms with van der Waals surface area (Å²) in [5.74, 6) is 0. The number of nitrogens with zero attached hydrogens (tertiary/aromatic N) is 3. The molecule has 4 heteroatoms. The van der Waals surface area contributed by atoms with E-state index in [1.807, 2.05) is 18.7 Å². The van der Waals surface area contributed by atoms with E-state index in [2.05, 4.69) is 63.0 Å². The second kappa shape index (κ2) is 4.53. The lowest BCUT2D eigenvalue weighted by Gasteiger charge is -2.07. The molecular formula is C15H16BrN3. The number of hydrogen-bond donors (Lipinski definition) is 0. The zero-order chi connectivity index (χ0) is 13.6. The Bertz CT molecular complexity index is 752. The summed E-state index contributed by atoms with van der Waals surface area (Å²) in [6.45, 7) is 4.97. The van der Waals surface area contributed by atoms with Crippen LogP contribution in [-0.4, -0.2) is 14.3 Å². The first kappa shape index (κ1) is 12.5. The van der Waals surface area contributed by atoms with Gasteiger partial charge in [0.25, 0.3) is 0 Å². The minimum atomic E-state index is 0.824. The Kier molecular flexibility index (Phi) is 2.97. The van der Waals surface area contributed by atoms with Gasteiger partial charge in [-0.1, -0.05) is 11.6 Å². The second-order valence-electron chi connectivity index (χ2n) is 4.98. The van der Waals surface area contributed by atoms with E-state index in [4.69, 9.17) is 0 Å². The predicted molar refractivity (Wildman–Crippen MR) is 81.4 cm³/mol. The molecule has 3 aromatic rings. The van der Waals surface area contributed by atoms with Gasteiger partial charge in [-0.3, -0.25) is 4.68 Å². The van der Waals surface area contributed by atoms with Crippen LogP contribution < -0.4 is 0 Å². The Hall–Kier alpha value is -1.55. The molecule has 0 saturated heterocycles. The van der Waals surface area contributed by atoms with Crippen LogP contribution in [0.2, 0.25) is 0 Å². The molecule has 0 unspecified atom stereocenters. The summed E-state index contributed by atoms with van der Waals surface area (Å²) in [6, 6.07) is 8.72. The van der Waals surface area contributed by atoms with Crippen LogP contribution in [0.3, 0.4) is 0 Å². The molecule has 0 aliphatic rings. The lowest BCUT2D eigenvalue weighted by atomic mass is 10.2. The van der Waals surface area contributed by atoms with E-state index < -0.39 is 0 Å². The normalized spacial score (nSPS) is 11.4. The fourth-order valence-electron chi connectivity index (χ4n) is 2.47. The molecule has 0 aliphatic carbocycles. The Morgan fingerprint density at radius 2 is 2.00 bits per heavy atom. The van der Waals surface area contributed by atoms with Crippen LogP contribution in [0.25, 0.3) is 10.9 Å². The van der Waals surface area contributed by atoms with Gasteiger partial charge < -0.3 is 4.57 Å². The van der Waals surface area contributed by atoms with E-state index in [0.717, 1.165) is 16.7 Å². The second-order valence-corrected chi connectivity index (χ2v) is 5.77. The number of aryl methyl sites for hydroxylation is 3. The molecule has 3 nitrogen and oxygen atoms in total. The third-order valence-corrected chi connectivity index (χ3v) is 4.54. The Morgan fingerprint density at radius 3 is 2.68 bits per heavy atom. The van der Waals surface area contributed by atoms with E-state index in [9.17, 15) is 0 Å². The summed E-state index contributed by atoms with van der Waals surface area (Å²) in [7, 11) is 1.99. The van der Waals surface area contributed by atoms with Crippen LogP contribution in [0.4, 0.5) is 0 Å². The minimum Gasteiger partial charge on any atom is -0.341 e. The van der Waals surface area contributed by atoms with Crippen molar-refractivity contribution < 1.29 is 0 Å². The summed E-state index contributed by atoms with van der Waals surface area (Å²) < 4.78 is 5.30. The molecule has 0 radical (unpaired) electrons. The van der Waals surface area contributed by atoms with Gasteiger partial charge in [-0.15, -0.1) is 0 Å². The maximum absolute atomic E-state index is 4.44. The number of rotatable bonds is 2. The molecule has 0 atom stereocenters. The molecule has 0 N–H and O–H groups in total. The molecule has 2 heterocycles. The summed E-state index contributed by atoms with van der Waals surface area (Å²) >= 11 is 3.63. The number of aromatic nitrogens is 3. The maximum Gasteiger partial charge on any atom is 0.0739 e. The first-order valence-corrected chi connectivity index (χ1v) is 7.09. The highest BCUT2D eigenvalue weighted by Crippen LogP contribution is 2.24. The molecule has 98 valence electrons. The van der Waals surface area contributed by atoms with Gasteiger partial charge in [-0.25, -0.2) is 0 Å². The highest BCUT2D eigenvalue weighted by Gasteiger charge is 2.12. The Balaban J connectivity index is 2.06. The fourth-order valence-corrected chi connectivity index (χ4v) is 2.93. The first-order chi connectivity index (χ1) is 9.06. The SMILES string of the molecule is Cc1ccc2c(ccn2Cc2c(Br)c(C)nn2C)c1. The third kappa shape index (κ3) is 2.10. The van der Waals surface area contributed by atoms with Crippen LogP contribution in [0.5, 0.6) is 0 Å². The van der Waals surface area contributed by atoms with Crippen molar-refractivity contribution in [3.8, 4) is 0 Å². The van der Waals surface area contributed by atoms with Crippen LogP contribution in [0.1, 0.15) is 17.0 Å². The molecular weight excluding hydrogens is 302 g/mol. The number of fused-ring (bicyclic) bond motifs is 1. The zero-order valence-electron chi connectivity index (χ0n) is 11.3. The lowest BCUT2D eigenvalue weighted by molar-refractivity contribution is 0.671. The van der Waals surface area contributed by atoms with Gasteiger partial charge in [0.05, 0.1) is 22.4 Å². The molecule has 0 bridgehead atoms. The van der Waals surface area contributed by atoms with E-state index in [0.29, 0.717) is 0 Å². The van der Waals surface area contributed by atoms with Crippen molar-refractivity contribution >= 4 is 26.8 Å². The molecule has 2 aromatic heterocycles. The highest BCUT2D eigenvalue weighted by molar-refractivity contribution is 9.10. The maximum atomic E-state index is 4.44. The molecule has 0 fully saturated rings. The van der Waals surface area contributed by atoms with Gasteiger partial charge in [0.15, 0.2) is 0 Å². The van der Waals surface area contributed by atoms with Crippen LogP contribution in [0.15, 0.2) is 34.9 Å². The standard InChI is InChI=1S/C15H16BrN3/c1-10-4-5-13-12(8-10)6-7-19(13)9-14-15(16)11(2)17-18(14)3/h4-8H,9H2,1-3H3. The largest absolute Gasteiger partial charge is 0.341 e. The average Bonchev–Trinajstić information content (AvgIpc) is 2.86. The third-order valence-electron chi connectivity index (χ3n) is 3.51. The number of benzene rings is 1. The summed E-state index contributed by atoms with van der Waals surface area (Å²) in [5.41, 5.74) is 4.78. The van der Waals surface area contributed by atoms with Gasteiger partial charge in [-0.05, 0) is 53.4 Å². The molecule has 0 aliphatic heterocycles. The van der Waals surface area contributed by atoms with Crippen molar-refractivity contribution in [2.45, 2.75) is 20.4 Å². The van der Waals surface area contributed by atoms with E-state index >= 15 is 0 Å². The van der Waals surface area contributed by atoms with Gasteiger partial charge >= 0.3 is 0 Å². The van der Waals surface area contributed by atoms with Gasteiger partial charge in [0.2, 0.25) is 0 Å². The van der Waals surface area contributed by atoms with Gasteiger partial charge in [0.1, 0.15) is 0 Å². The number of hydrogen-bond acceptors (Lipinski definition) is 1. The van der Waals surface area contributed by atoms with Gasteiger partial charge in [0, 0.05) is 18.8 Å². The van der Waals surface area contributed by atoms with Crippen molar-refractivity contribution in [1.82, 2.24) is 14.3 Å². The summed E-state index contributed by atoms with van der Waals surface area (Å²) in [5, 5.41) is 5.73. The minimum absolute atomic E-state index is 0.824. The van der Waals surface area contributed by atoms with Gasteiger partial charge in [-0.2, -0.15) is 5.10 Å². The fraction of sp³-hybridized carbons (Fsp3) is 0.267. The smallest absolute Gasteiger partial charge is 0.0739 e. The average molecular weight is 318 g/mol. The van der Waals surface area contributed by atoms with Crippen LogP contribution in [-0.2, 0) is 13.6 Å². The molecule has 19 heavy (non-hydrogen) atoms. The Morgan fingerprint density at radius 1 is 1.21 bits per heavy atom. The van der Waals surface area contributed by atoms with Crippen molar-refractivity contribution in [1.29, 1.82) is 0 Å². The van der Waals surface area contributed by atoms with Crippen molar-refractivity contribution in [3.63, 3.8) is 0 Å². The molecule has 3 rings (SSSR count). The van der Waals surface area contributed by atoms with Crippen molar-refractivity contribution in [2.75, 3.05) is 0 Å². The lowest BCUT2D eigenvalue weighted by Crippen LogP contribution is -2.05. The van der Waals surface area contributed by atoms with Crippen molar-refractivity contribution in [3.05, 3.63) is 51.9 Å². The van der Waals surface area contributed by atoms with E-state index in [1.54, 1.807) is 0 Å². The van der Waals surface area contributed by atoms with E-state index in [-0.39, 0.29) is 0 Å². The number of halogens is 1. The Labute approximate surface area is 121 Å². The van der Waals surface area contributed by atoms with E-state index in [1.165, 1.54) is 22.2 Å². The topological polar surface area (TPSA) is 22.8 Å². The van der Waals surface area contributed by atoms with Crippen molar-refractivity contribution in [2.24, 2.45) is 7.05 Å². The molecule has 1 aromatic carbocycles. The predicted octanol–water partition coefficient (Wildman–Crippen LogP) is 3.80. The van der Waals surface area contributed by atoms with Crippen LogP contribution >= 0.6 is 15.9 Å². The summed E-state index contributed by atoms with van der Waals surface area (Å²) in [6.07, 6.45) is 2.14. The van der Waals surface area contributed by atoms with Crippen LogP contribution in [0, 0.1) is 13.8 Å².